The van der Waals surface area contributed by atoms with Crippen molar-refractivity contribution in [3.63, 3.8) is 0 Å². The Bertz CT molecular complexity index is 776. The molecule has 0 aliphatic rings. The summed E-state index contributed by atoms with van der Waals surface area (Å²) >= 11 is 0.975. The van der Waals surface area contributed by atoms with Gasteiger partial charge in [0.25, 0.3) is 5.91 Å². The standard InChI is InChI=1S/C17H19N3O4S/c1-17(2,3)12-4-6-13(7-5-12)24-11-15(21)19-18-10-14-8-9-16(25-14)20(22)23/h4-10H,11H2,1-3H3,(H,19,21)/b18-10-. The number of carbonyl (C=O) groups is 1. The average Bonchev–Trinajstić information content (AvgIpc) is 3.02. The number of nitrogens with one attached hydrogen (secondary N) is 1. The van der Waals surface area contributed by atoms with Gasteiger partial charge in [0.2, 0.25) is 0 Å². The number of rotatable bonds is 6. The first-order valence-corrected chi connectivity index (χ1v) is 8.37. The second kappa shape index (κ2) is 7.89. The topological polar surface area (TPSA) is 93.8 Å². The van der Waals surface area contributed by atoms with Gasteiger partial charge in [-0.15, -0.1) is 0 Å². The number of thiophene rings is 1. The first-order valence-electron chi connectivity index (χ1n) is 7.55. The summed E-state index contributed by atoms with van der Waals surface area (Å²) in [4.78, 5) is 22.4. The molecule has 1 amide bonds. The lowest BCUT2D eigenvalue weighted by molar-refractivity contribution is -0.380. The molecule has 0 unspecified atom stereocenters. The van der Waals surface area contributed by atoms with Crippen LogP contribution in [0.1, 0.15) is 31.2 Å². The Balaban J connectivity index is 1.80. The van der Waals surface area contributed by atoms with Crippen LogP contribution >= 0.6 is 11.3 Å². The molecule has 0 saturated heterocycles. The van der Waals surface area contributed by atoms with E-state index in [1.807, 2.05) is 24.3 Å². The molecule has 0 aliphatic heterocycles. The lowest BCUT2D eigenvalue weighted by atomic mass is 9.87. The van der Waals surface area contributed by atoms with Crippen LogP contribution in [0.2, 0.25) is 0 Å². The predicted octanol–water partition coefficient (Wildman–Crippen LogP) is 3.48. The largest absolute Gasteiger partial charge is 0.484 e. The molecule has 0 radical (unpaired) electrons. The number of nitro groups is 1. The summed E-state index contributed by atoms with van der Waals surface area (Å²) in [6, 6.07) is 10.5. The molecule has 8 heteroatoms. The van der Waals surface area contributed by atoms with E-state index in [9.17, 15) is 14.9 Å². The van der Waals surface area contributed by atoms with Crippen LogP contribution in [0.5, 0.6) is 5.75 Å². The van der Waals surface area contributed by atoms with Gasteiger partial charge in [-0.1, -0.05) is 44.2 Å². The zero-order valence-electron chi connectivity index (χ0n) is 14.2. The Hall–Kier alpha value is -2.74. The van der Waals surface area contributed by atoms with Crippen molar-refractivity contribution in [2.75, 3.05) is 6.61 Å². The van der Waals surface area contributed by atoms with Gasteiger partial charge >= 0.3 is 5.00 Å². The van der Waals surface area contributed by atoms with E-state index in [1.165, 1.54) is 17.8 Å². The molecule has 1 aromatic heterocycles. The Morgan fingerprint density at radius 1 is 1.28 bits per heavy atom. The highest BCUT2D eigenvalue weighted by molar-refractivity contribution is 7.16. The maximum Gasteiger partial charge on any atom is 0.324 e. The SMILES string of the molecule is CC(C)(C)c1ccc(OCC(=O)N/N=C\c2ccc([N+](=O)[O-])s2)cc1. The van der Waals surface area contributed by atoms with E-state index < -0.39 is 10.8 Å². The van der Waals surface area contributed by atoms with Gasteiger partial charge in [-0.05, 0) is 29.2 Å². The zero-order valence-corrected chi connectivity index (χ0v) is 15.0. The molecule has 25 heavy (non-hydrogen) atoms. The van der Waals surface area contributed by atoms with Crippen molar-refractivity contribution in [2.45, 2.75) is 26.2 Å². The fourth-order valence-electron chi connectivity index (χ4n) is 1.91. The van der Waals surface area contributed by atoms with Crippen LogP contribution < -0.4 is 10.2 Å². The minimum absolute atomic E-state index is 0.0230. The molecule has 2 aromatic rings. The van der Waals surface area contributed by atoms with Gasteiger partial charge in [0.15, 0.2) is 6.61 Å². The number of hydrazone groups is 1. The molecule has 1 aromatic carbocycles. The molecule has 0 atom stereocenters. The summed E-state index contributed by atoms with van der Waals surface area (Å²) in [7, 11) is 0. The van der Waals surface area contributed by atoms with Crippen LogP contribution in [0.4, 0.5) is 5.00 Å². The van der Waals surface area contributed by atoms with E-state index in [2.05, 4.69) is 31.3 Å². The van der Waals surface area contributed by atoms with Gasteiger partial charge in [0, 0.05) is 6.07 Å². The van der Waals surface area contributed by atoms with Crippen LogP contribution in [0.15, 0.2) is 41.5 Å². The first kappa shape index (κ1) is 18.6. The van der Waals surface area contributed by atoms with E-state index >= 15 is 0 Å². The summed E-state index contributed by atoms with van der Waals surface area (Å²) < 4.78 is 5.40. The van der Waals surface area contributed by atoms with E-state index in [1.54, 1.807) is 6.07 Å². The predicted molar refractivity (Wildman–Crippen MR) is 97.3 cm³/mol. The van der Waals surface area contributed by atoms with E-state index in [0.29, 0.717) is 10.6 Å². The van der Waals surface area contributed by atoms with Crippen LogP contribution in [0.25, 0.3) is 0 Å². The highest BCUT2D eigenvalue weighted by atomic mass is 32.1. The molecular weight excluding hydrogens is 342 g/mol. The van der Waals surface area contributed by atoms with Crippen LogP contribution in [-0.2, 0) is 10.2 Å². The van der Waals surface area contributed by atoms with Crippen LogP contribution in [0.3, 0.4) is 0 Å². The smallest absolute Gasteiger partial charge is 0.324 e. The van der Waals surface area contributed by atoms with Crippen LogP contribution in [-0.4, -0.2) is 23.7 Å². The summed E-state index contributed by atoms with van der Waals surface area (Å²) in [5, 5.41) is 14.4. The summed E-state index contributed by atoms with van der Waals surface area (Å²) in [6.07, 6.45) is 1.35. The summed E-state index contributed by atoms with van der Waals surface area (Å²) in [5.41, 5.74) is 3.55. The van der Waals surface area contributed by atoms with Gasteiger partial charge < -0.3 is 4.74 Å². The summed E-state index contributed by atoms with van der Waals surface area (Å²) in [5.74, 6) is 0.184. The molecule has 1 N–H and O–H groups in total. The van der Waals surface area contributed by atoms with E-state index in [4.69, 9.17) is 4.74 Å². The fraction of sp³-hybridized carbons (Fsp3) is 0.294. The van der Waals surface area contributed by atoms with Gasteiger partial charge in [0.1, 0.15) is 5.75 Å². The number of benzene rings is 1. The van der Waals surface area contributed by atoms with Crippen molar-refractivity contribution < 1.29 is 14.5 Å². The monoisotopic (exact) mass is 361 g/mol. The third-order valence-electron chi connectivity index (χ3n) is 3.26. The average molecular weight is 361 g/mol. The second-order valence-electron chi connectivity index (χ2n) is 6.29. The van der Waals surface area contributed by atoms with Crippen molar-refractivity contribution in [1.82, 2.24) is 5.43 Å². The van der Waals surface area contributed by atoms with Gasteiger partial charge in [0.05, 0.1) is 16.0 Å². The minimum Gasteiger partial charge on any atom is -0.484 e. The van der Waals surface area contributed by atoms with Crippen molar-refractivity contribution in [3.8, 4) is 5.75 Å². The third kappa shape index (κ3) is 5.68. The molecule has 0 fully saturated rings. The number of hydrogen-bond donors (Lipinski definition) is 1. The quantitative estimate of drug-likeness (QED) is 0.484. The molecule has 0 bridgehead atoms. The van der Waals surface area contributed by atoms with Crippen molar-refractivity contribution in [1.29, 1.82) is 0 Å². The maximum atomic E-state index is 11.7. The molecule has 1 heterocycles. The molecule has 7 nitrogen and oxygen atoms in total. The Labute approximate surface area is 149 Å². The number of nitrogens with zero attached hydrogens (tertiary/aromatic N) is 2. The lowest BCUT2D eigenvalue weighted by Crippen LogP contribution is -2.24. The molecule has 0 spiro atoms. The highest BCUT2D eigenvalue weighted by Gasteiger charge is 2.13. The maximum absolute atomic E-state index is 11.7. The molecule has 0 saturated carbocycles. The number of amides is 1. The van der Waals surface area contributed by atoms with Crippen molar-refractivity contribution in [3.05, 3.63) is 57.0 Å². The molecular formula is C17H19N3O4S. The van der Waals surface area contributed by atoms with Crippen molar-refractivity contribution >= 4 is 28.5 Å². The third-order valence-corrected chi connectivity index (χ3v) is 4.24. The molecule has 0 aliphatic carbocycles. The number of carbonyl (C=O) groups excluding carboxylic acids is 1. The lowest BCUT2D eigenvalue weighted by Gasteiger charge is -2.19. The Kier molecular flexibility index (Phi) is 5.87. The normalized spacial score (nSPS) is 11.5. The van der Waals surface area contributed by atoms with Crippen molar-refractivity contribution in [2.24, 2.45) is 5.10 Å². The number of hydrogen-bond acceptors (Lipinski definition) is 6. The van der Waals surface area contributed by atoms with Crippen LogP contribution in [0, 0.1) is 10.1 Å². The van der Waals surface area contributed by atoms with E-state index in [-0.39, 0.29) is 17.0 Å². The molecule has 132 valence electrons. The van der Waals surface area contributed by atoms with Gasteiger partial charge in [-0.25, -0.2) is 5.43 Å². The number of ether oxygens (including phenoxy) is 1. The Morgan fingerprint density at radius 2 is 1.96 bits per heavy atom. The highest BCUT2D eigenvalue weighted by Crippen LogP contribution is 2.24. The van der Waals surface area contributed by atoms with Gasteiger partial charge in [-0.3, -0.25) is 14.9 Å². The first-order chi connectivity index (χ1) is 11.8. The zero-order chi connectivity index (χ0) is 18.4. The second-order valence-corrected chi connectivity index (χ2v) is 7.38. The fourth-order valence-corrected chi connectivity index (χ4v) is 2.60. The van der Waals surface area contributed by atoms with Gasteiger partial charge in [-0.2, -0.15) is 5.10 Å². The molecule has 2 rings (SSSR count). The minimum atomic E-state index is -0.473. The Morgan fingerprint density at radius 3 is 2.52 bits per heavy atom. The van der Waals surface area contributed by atoms with E-state index in [0.717, 1.165) is 11.3 Å². The summed E-state index contributed by atoms with van der Waals surface area (Å²) in [6.45, 7) is 6.19.